The Morgan fingerprint density at radius 3 is 1.44 bits per heavy atom. The largest absolute Gasteiger partial charge is 0.354 e. The number of aromatic nitrogens is 11. The Bertz CT molecular complexity index is 3940. The van der Waals surface area contributed by atoms with Crippen molar-refractivity contribution in [1.82, 2.24) is 62.5 Å². The fourth-order valence-electron chi connectivity index (χ4n) is 8.78. The molecule has 80 heavy (non-hydrogen) atoms. The Hall–Kier alpha value is -10.8. The van der Waals surface area contributed by atoms with Crippen molar-refractivity contribution in [2.24, 2.45) is 55.1 Å². The Kier molecular flexibility index (Phi) is 14.9. The zero-order valence-electron chi connectivity index (χ0n) is 44.5. The van der Waals surface area contributed by atoms with E-state index in [1.54, 1.807) is 123 Å². The number of hydrogen-bond acceptors (Lipinski definition) is 12. The normalized spacial score (nSPS) is 11.5. The lowest BCUT2D eigenvalue weighted by molar-refractivity contribution is -0.117. The van der Waals surface area contributed by atoms with Crippen LogP contribution in [-0.2, 0) is 54.1 Å². The molecule has 412 valence electrons. The predicted octanol–water partition coefficient (Wildman–Crippen LogP) is 3.10. The summed E-state index contributed by atoms with van der Waals surface area (Å²) in [4.78, 5) is 121. The number of anilines is 6. The molecule has 9 aromatic rings. The highest BCUT2D eigenvalue weighted by molar-refractivity contribution is 6.10. The number of pyridine rings is 1. The SMILES string of the molecule is CNC(=O)c1cc(NC(=O)c2cc(NC(=O)c3cc(NC(=O)c4cc(NC(=O)[C@H](N)CCNC(=O)c5cc(NC(=O)c6ccc7nc(-c8cc(NC(=O)c9nccn9C)cn8C)[nH]c7n6)cn5C)cn4C)cn3C)cn2C)cn1C. The average Bonchev–Trinajstić information content (AvgIpc) is 4.33. The maximum atomic E-state index is 13.4. The maximum absolute atomic E-state index is 13.4. The number of aromatic amines is 1. The van der Waals surface area contributed by atoms with Crippen LogP contribution in [0.25, 0.3) is 22.7 Å². The molecule has 0 radical (unpaired) electrons. The number of imidazole rings is 2. The Morgan fingerprint density at radius 1 is 0.512 bits per heavy atom. The van der Waals surface area contributed by atoms with Crippen LogP contribution in [-0.4, -0.2) is 119 Å². The van der Waals surface area contributed by atoms with Crippen LogP contribution < -0.4 is 48.3 Å². The minimum atomic E-state index is -1.05. The molecule has 9 aromatic heterocycles. The van der Waals surface area contributed by atoms with Crippen molar-refractivity contribution in [1.29, 1.82) is 0 Å². The molecule has 0 saturated carbocycles. The average molecular weight is 1090 g/mol. The first-order valence-corrected chi connectivity index (χ1v) is 24.6. The summed E-state index contributed by atoms with van der Waals surface area (Å²) in [6, 6.07) is 11.4. The second-order valence-electron chi connectivity index (χ2n) is 18.9. The van der Waals surface area contributed by atoms with Gasteiger partial charge in [-0.15, -0.1) is 0 Å². The van der Waals surface area contributed by atoms with E-state index in [-0.39, 0.29) is 64.8 Å². The van der Waals surface area contributed by atoms with Crippen LogP contribution in [0.5, 0.6) is 0 Å². The molecule has 0 spiro atoms. The monoisotopic (exact) mass is 1090 g/mol. The number of nitrogens with two attached hydrogens (primary N) is 1. The number of hydrogen-bond donors (Lipinski definition) is 10. The third-order valence-corrected chi connectivity index (χ3v) is 12.9. The minimum absolute atomic E-state index is 0.0289. The smallest absolute Gasteiger partial charge is 0.291 e. The molecule has 0 aromatic carbocycles. The molecule has 0 aliphatic rings. The number of rotatable bonds is 18. The van der Waals surface area contributed by atoms with Crippen LogP contribution in [0.2, 0.25) is 0 Å². The first-order chi connectivity index (χ1) is 38.1. The van der Waals surface area contributed by atoms with Crippen LogP contribution in [0.3, 0.4) is 0 Å². The molecular weight excluding hydrogens is 1030 g/mol. The standard InChI is InChI=1S/C52H56N20O8/c1-54-47(75)37-16-30(24-68(37)4)59-50(78)40-19-32(26-71(40)7)61-51(79)41-20-31(25-72(41)8)60-49(77)39-18-28(22-70(39)6)57-45(73)33(53)11-12-56-48(76)38-17-29(23-69(38)5)58-46(74)35-10-9-34-42(64-35)65-43(63-34)36-15-27(21-67(36)3)62-52(80)44-55-13-14-66(44)2/h9-10,13-26,33H,11-12,53H2,1-8H3,(H,54,75)(H,56,76)(H,57,73)(H,58,74)(H,59,78)(H,60,77)(H,61,79)(H,62,80)(H,63,64,65)/t33-/m1/s1. The van der Waals surface area contributed by atoms with E-state index in [4.69, 9.17) is 5.73 Å². The zero-order valence-corrected chi connectivity index (χ0v) is 44.5. The van der Waals surface area contributed by atoms with E-state index in [9.17, 15) is 38.4 Å². The first kappa shape index (κ1) is 54.0. The summed E-state index contributed by atoms with van der Waals surface area (Å²) in [5.41, 5.74) is 11.2. The third-order valence-electron chi connectivity index (χ3n) is 12.9. The van der Waals surface area contributed by atoms with E-state index in [0.29, 0.717) is 56.8 Å². The number of H-pyrrole nitrogens is 1. The summed E-state index contributed by atoms with van der Waals surface area (Å²) in [7, 11) is 13.2. The number of nitrogens with zero attached hydrogens (tertiary/aromatic N) is 10. The molecule has 28 nitrogen and oxygen atoms in total. The first-order valence-electron chi connectivity index (χ1n) is 24.6. The second-order valence-corrected chi connectivity index (χ2v) is 18.9. The summed E-state index contributed by atoms with van der Waals surface area (Å²) in [6.45, 7) is 0.0289. The molecular formula is C52H56N20O8. The van der Waals surface area contributed by atoms with Crippen molar-refractivity contribution in [2.75, 3.05) is 45.5 Å². The zero-order chi connectivity index (χ0) is 57.3. The van der Waals surface area contributed by atoms with Gasteiger partial charge in [-0.2, -0.15) is 0 Å². The molecule has 8 amide bonds. The molecule has 9 rings (SSSR count). The van der Waals surface area contributed by atoms with Crippen molar-refractivity contribution >= 4 is 92.5 Å². The number of aryl methyl sites for hydroxylation is 7. The summed E-state index contributed by atoms with van der Waals surface area (Å²) >= 11 is 0. The number of amides is 8. The molecule has 0 bridgehead atoms. The van der Waals surface area contributed by atoms with Gasteiger partial charge in [0.25, 0.3) is 41.4 Å². The van der Waals surface area contributed by atoms with Crippen LogP contribution in [0.4, 0.5) is 34.1 Å². The van der Waals surface area contributed by atoms with Crippen molar-refractivity contribution in [2.45, 2.75) is 12.5 Å². The van der Waals surface area contributed by atoms with Crippen LogP contribution >= 0.6 is 0 Å². The molecule has 1 atom stereocenters. The van der Waals surface area contributed by atoms with Crippen molar-refractivity contribution in [3.05, 3.63) is 138 Å². The van der Waals surface area contributed by atoms with E-state index in [2.05, 4.69) is 62.5 Å². The molecule has 11 N–H and O–H groups in total. The summed E-state index contributed by atoms with van der Waals surface area (Å²) in [5.74, 6) is -3.05. The van der Waals surface area contributed by atoms with Crippen molar-refractivity contribution in [3.63, 3.8) is 0 Å². The highest BCUT2D eigenvalue weighted by Gasteiger charge is 2.23. The van der Waals surface area contributed by atoms with Crippen molar-refractivity contribution in [3.8, 4) is 11.5 Å². The van der Waals surface area contributed by atoms with Gasteiger partial charge >= 0.3 is 0 Å². The van der Waals surface area contributed by atoms with Crippen molar-refractivity contribution < 1.29 is 38.4 Å². The number of carbonyl (C=O) groups excluding carboxylic acids is 8. The Balaban J connectivity index is 0.728. The molecule has 0 aliphatic heterocycles. The number of fused-ring (bicyclic) bond motifs is 1. The Morgan fingerprint density at radius 2 is 0.950 bits per heavy atom. The van der Waals surface area contributed by atoms with Gasteiger partial charge in [-0.3, -0.25) is 38.4 Å². The minimum Gasteiger partial charge on any atom is -0.354 e. The lowest BCUT2D eigenvalue weighted by atomic mass is 10.2. The summed E-state index contributed by atoms with van der Waals surface area (Å²) in [5, 5.41) is 21.9. The lowest BCUT2D eigenvalue weighted by Gasteiger charge is -2.12. The number of carbonyl (C=O) groups is 8. The van der Waals surface area contributed by atoms with Gasteiger partial charge in [0.15, 0.2) is 17.3 Å². The van der Waals surface area contributed by atoms with Gasteiger partial charge in [-0.25, -0.2) is 15.0 Å². The van der Waals surface area contributed by atoms with Crippen LogP contribution in [0.15, 0.2) is 98.1 Å². The lowest BCUT2D eigenvalue weighted by Crippen LogP contribution is -2.39. The molecule has 28 heteroatoms. The summed E-state index contributed by atoms with van der Waals surface area (Å²) in [6.07, 6.45) is 12.8. The molecule has 0 fully saturated rings. The van der Waals surface area contributed by atoms with Gasteiger partial charge in [0, 0.05) is 113 Å². The molecule has 0 unspecified atom stereocenters. The van der Waals surface area contributed by atoms with Gasteiger partial charge in [0.2, 0.25) is 5.91 Å². The van der Waals surface area contributed by atoms with Gasteiger partial charge in [-0.05, 0) is 55.0 Å². The van der Waals surface area contributed by atoms with Gasteiger partial charge < -0.3 is 85.2 Å². The fourth-order valence-corrected chi connectivity index (χ4v) is 8.78. The topological polar surface area (TPSA) is 348 Å². The van der Waals surface area contributed by atoms with E-state index in [1.807, 2.05) is 0 Å². The quantitative estimate of drug-likeness (QED) is 0.0593. The van der Waals surface area contributed by atoms with Gasteiger partial charge in [0.1, 0.15) is 39.7 Å². The second kappa shape index (κ2) is 22.1. The molecule has 0 aliphatic carbocycles. The van der Waals surface area contributed by atoms with Crippen LogP contribution in [0.1, 0.15) is 80.0 Å². The van der Waals surface area contributed by atoms with Gasteiger partial charge in [0.05, 0.1) is 45.9 Å². The molecule has 0 saturated heterocycles. The molecule has 9 heterocycles. The predicted molar refractivity (Wildman–Crippen MR) is 295 cm³/mol. The maximum Gasteiger partial charge on any atom is 0.291 e. The highest BCUT2D eigenvalue weighted by atomic mass is 16.2. The van der Waals surface area contributed by atoms with E-state index >= 15 is 0 Å². The van der Waals surface area contributed by atoms with Gasteiger partial charge in [-0.1, -0.05) is 0 Å². The van der Waals surface area contributed by atoms with Crippen LogP contribution in [0, 0.1) is 0 Å². The fraction of sp³-hybridized carbons (Fsp3) is 0.212. The summed E-state index contributed by atoms with van der Waals surface area (Å²) < 4.78 is 11.1. The van der Waals surface area contributed by atoms with E-state index in [0.717, 1.165) is 0 Å². The van der Waals surface area contributed by atoms with E-state index < -0.39 is 41.5 Å². The number of nitrogens with one attached hydrogen (secondary N) is 9. The third kappa shape index (κ3) is 11.5. The Labute approximate surface area is 454 Å². The van der Waals surface area contributed by atoms with E-state index in [1.165, 1.54) is 63.5 Å². The highest BCUT2D eigenvalue weighted by Crippen LogP contribution is 2.26.